The summed E-state index contributed by atoms with van der Waals surface area (Å²) >= 11 is 0. The fourth-order valence-corrected chi connectivity index (χ4v) is 3.16. The molecule has 0 bridgehead atoms. The van der Waals surface area contributed by atoms with Gasteiger partial charge in [0.25, 0.3) is 0 Å². The van der Waals surface area contributed by atoms with Crippen molar-refractivity contribution in [3.8, 4) is 0 Å². The highest BCUT2D eigenvalue weighted by Crippen LogP contribution is 2.21. The maximum absolute atomic E-state index is 12.6. The second-order valence-corrected chi connectivity index (χ2v) is 7.31. The van der Waals surface area contributed by atoms with Crippen molar-refractivity contribution < 1.29 is 9.59 Å². The molecule has 1 atom stereocenters. The van der Waals surface area contributed by atoms with Crippen molar-refractivity contribution in [2.45, 2.75) is 51.7 Å². The van der Waals surface area contributed by atoms with E-state index in [1.54, 1.807) is 34.4 Å². The summed E-state index contributed by atoms with van der Waals surface area (Å²) in [5, 5.41) is 6.93. The topological polar surface area (TPSA) is 85.0 Å². The van der Waals surface area contributed by atoms with Crippen molar-refractivity contribution in [3.05, 3.63) is 31.0 Å². The summed E-state index contributed by atoms with van der Waals surface area (Å²) in [4.78, 5) is 30.8. The highest BCUT2D eigenvalue weighted by molar-refractivity contribution is 6.39. The number of nitrogens with zero attached hydrogens (tertiary/aromatic N) is 5. The number of imidazole rings is 1. The van der Waals surface area contributed by atoms with Crippen molar-refractivity contribution in [3.63, 3.8) is 0 Å². The highest BCUT2D eigenvalue weighted by atomic mass is 16.2. The van der Waals surface area contributed by atoms with Gasteiger partial charge in [-0.1, -0.05) is 0 Å². The van der Waals surface area contributed by atoms with Crippen LogP contribution in [0.25, 0.3) is 0 Å². The second kappa shape index (κ2) is 6.70. The lowest BCUT2D eigenvalue weighted by Gasteiger charge is -2.25. The quantitative estimate of drug-likeness (QED) is 0.855. The molecule has 1 aliphatic heterocycles. The Morgan fingerprint density at radius 2 is 2.12 bits per heavy atom. The zero-order valence-corrected chi connectivity index (χ0v) is 14.8. The average Bonchev–Trinajstić information content (AvgIpc) is 3.27. The molecular weight excluding hydrogens is 320 g/mol. The number of hydrogen-bond acceptors (Lipinski definition) is 4. The van der Waals surface area contributed by atoms with Crippen LogP contribution >= 0.6 is 0 Å². The standard InChI is InChI=1S/C17H24N6O2/c1-17(2,3)23-14(6-7-19-23)20-15(24)16(25)22-9-4-5-13(22)11-21-10-8-18-12-21/h6-8,10,12-13H,4-5,9,11H2,1-3H3,(H,20,24). The van der Waals surface area contributed by atoms with E-state index < -0.39 is 11.8 Å². The first-order valence-electron chi connectivity index (χ1n) is 8.48. The Morgan fingerprint density at radius 3 is 2.80 bits per heavy atom. The molecule has 1 aliphatic rings. The van der Waals surface area contributed by atoms with Crippen molar-refractivity contribution >= 4 is 17.6 Å². The van der Waals surface area contributed by atoms with Crippen LogP contribution < -0.4 is 5.32 Å². The first-order chi connectivity index (χ1) is 11.9. The molecule has 25 heavy (non-hydrogen) atoms. The summed E-state index contributed by atoms with van der Waals surface area (Å²) in [6, 6.07) is 1.71. The second-order valence-electron chi connectivity index (χ2n) is 7.31. The van der Waals surface area contributed by atoms with Gasteiger partial charge < -0.3 is 14.8 Å². The molecule has 0 spiro atoms. The first kappa shape index (κ1) is 17.2. The van der Waals surface area contributed by atoms with Gasteiger partial charge in [0.1, 0.15) is 5.82 Å². The Hall–Kier alpha value is -2.64. The fraction of sp³-hybridized carbons (Fsp3) is 0.529. The van der Waals surface area contributed by atoms with Gasteiger partial charge in [-0.2, -0.15) is 5.10 Å². The third-order valence-electron chi connectivity index (χ3n) is 4.33. The van der Waals surface area contributed by atoms with Crippen LogP contribution in [0.4, 0.5) is 5.82 Å². The normalized spacial score (nSPS) is 17.7. The molecule has 134 valence electrons. The Morgan fingerprint density at radius 1 is 1.32 bits per heavy atom. The molecule has 0 radical (unpaired) electrons. The number of anilines is 1. The monoisotopic (exact) mass is 344 g/mol. The lowest BCUT2D eigenvalue weighted by molar-refractivity contribution is -0.143. The van der Waals surface area contributed by atoms with E-state index in [-0.39, 0.29) is 11.6 Å². The van der Waals surface area contributed by atoms with Gasteiger partial charge in [0.05, 0.1) is 24.1 Å². The summed E-state index contributed by atoms with van der Waals surface area (Å²) in [5.74, 6) is -0.594. The van der Waals surface area contributed by atoms with E-state index in [1.807, 2.05) is 31.5 Å². The van der Waals surface area contributed by atoms with E-state index in [0.29, 0.717) is 18.9 Å². The molecule has 8 nitrogen and oxygen atoms in total. The van der Waals surface area contributed by atoms with Gasteiger partial charge in [-0.25, -0.2) is 9.67 Å². The number of aromatic nitrogens is 4. The number of rotatable bonds is 3. The summed E-state index contributed by atoms with van der Waals surface area (Å²) in [7, 11) is 0. The van der Waals surface area contributed by atoms with Crippen LogP contribution in [0.5, 0.6) is 0 Å². The van der Waals surface area contributed by atoms with E-state index in [1.165, 1.54) is 0 Å². The molecule has 3 rings (SSSR count). The Balaban J connectivity index is 1.68. The number of likely N-dealkylation sites (tertiary alicyclic amines) is 1. The number of amides is 2. The molecule has 0 saturated carbocycles. The fourth-order valence-electron chi connectivity index (χ4n) is 3.16. The van der Waals surface area contributed by atoms with E-state index in [0.717, 1.165) is 12.8 Å². The summed E-state index contributed by atoms with van der Waals surface area (Å²) in [6.45, 7) is 7.21. The molecule has 2 aromatic heterocycles. The van der Waals surface area contributed by atoms with Crippen LogP contribution in [0.2, 0.25) is 0 Å². The van der Waals surface area contributed by atoms with E-state index in [2.05, 4.69) is 15.4 Å². The van der Waals surface area contributed by atoms with E-state index in [9.17, 15) is 9.59 Å². The minimum Gasteiger partial charge on any atom is -0.335 e. The maximum Gasteiger partial charge on any atom is 0.315 e. The van der Waals surface area contributed by atoms with Gasteiger partial charge in [-0.05, 0) is 33.6 Å². The minimum atomic E-state index is -0.622. The van der Waals surface area contributed by atoms with Crippen LogP contribution in [0.15, 0.2) is 31.0 Å². The molecule has 2 aromatic rings. The van der Waals surface area contributed by atoms with Gasteiger partial charge in [0.15, 0.2) is 0 Å². The average molecular weight is 344 g/mol. The highest BCUT2D eigenvalue weighted by Gasteiger charge is 2.33. The molecular formula is C17H24N6O2. The molecule has 8 heteroatoms. The smallest absolute Gasteiger partial charge is 0.315 e. The van der Waals surface area contributed by atoms with Crippen molar-refractivity contribution in [2.75, 3.05) is 11.9 Å². The Kier molecular flexibility index (Phi) is 4.61. The minimum absolute atomic E-state index is 0.0139. The van der Waals surface area contributed by atoms with Crippen molar-refractivity contribution in [1.82, 2.24) is 24.2 Å². The largest absolute Gasteiger partial charge is 0.335 e. The number of carbonyl (C=O) groups excluding carboxylic acids is 2. The van der Waals surface area contributed by atoms with Crippen molar-refractivity contribution in [1.29, 1.82) is 0 Å². The van der Waals surface area contributed by atoms with Gasteiger partial charge >= 0.3 is 11.8 Å². The van der Waals surface area contributed by atoms with Gasteiger partial charge in [0, 0.05) is 31.5 Å². The molecule has 1 saturated heterocycles. The predicted octanol–water partition coefficient (Wildman–Crippen LogP) is 1.46. The zero-order chi connectivity index (χ0) is 18.0. The van der Waals surface area contributed by atoms with Crippen LogP contribution in [-0.4, -0.2) is 48.6 Å². The molecule has 3 heterocycles. The van der Waals surface area contributed by atoms with Crippen LogP contribution in [0.3, 0.4) is 0 Å². The molecule has 1 fully saturated rings. The third kappa shape index (κ3) is 3.72. The lowest BCUT2D eigenvalue weighted by Crippen LogP contribution is -2.44. The van der Waals surface area contributed by atoms with E-state index in [4.69, 9.17) is 0 Å². The molecule has 0 aromatic carbocycles. The molecule has 1 N–H and O–H groups in total. The Labute approximate surface area is 146 Å². The molecule has 2 amide bonds. The lowest BCUT2D eigenvalue weighted by atomic mass is 10.1. The number of carbonyl (C=O) groups is 2. The molecule has 0 aliphatic carbocycles. The number of nitrogens with one attached hydrogen (secondary N) is 1. The van der Waals surface area contributed by atoms with E-state index >= 15 is 0 Å². The Bertz CT molecular complexity index is 744. The zero-order valence-electron chi connectivity index (χ0n) is 14.8. The maximum atomic E-state index is 12.6. The van der Waals surface area contributed by atoms with Gasteiger partial charge in [-0.15, -0.1) is 0 Å². The first-order valence-corrected chi connectivity index (χ1v) is 8.48. The SMILES string of the molecule is CC(C)(C)n1nccc1NC(=O)C(=O)N1CCCC1Cn1ccnc1. The van der Waals surface area contributed by atoms with Gasteiger partial charge in [0.2, 0.25) is 0 Å². The summed E-state index contributed by atoms with van der Waals surface area (Å²) < 4.78 is 3.63. The third-order valence-corrected chi connectivity index (χ3v) is 4.33. The predicted molar refractivity (Wildman–Crippen MR) is 92.8 cm³/mol. The van der Waals surface area contributed by atoms with Crippen LogP contribution in [-0.2, 0) is 21.7 Å². The van der Waals surface area contributed by atoms with Crippen LogP contribution in [0, 0.1) is 0 Å². The number of hydrogen-bond donors (Lipinski definition) is 1. The van der Waals surface area contributed by atoms with Crippen LogP contribution in [0.1, 0.15) is 33.6 Å². The summed E-state index contributed by atoms with van der Waals surface area (Å²) in [5.41, 5.74) is -0.285. The van der Waals surface area contributed by atoms with Gasteiger partial charge in [-0.3, -0.25) is 9.59 Å². The van der Waals surface area contributed by atoms with Crippen molar-refractivity contribution in [2.24, 2.45) is 0 Å². The summed E-state index contributed by atoms with van der Waals surface area (Å²) in [6.07, 6.45) is 8.70. The molecule has 1 unspecified atom stereocenters.